The summed E-state index contributed by atoms with van der Waals surface area (Å²) in [6.45, 7) is 0.995. The summed E-state index contributed by atoms with van der Waals surface area (Å²) in [6, 6.07) is 9.33. The second-order valence-corrected chi connectivity index (χ2v) is 3.66. The first-order valence-corrected chi connectivity index (χ1v) is 4.71. The van der Waals surface area contributed by atoms with Gasteiger partial charge in [-0.05, 0) is 5.56 Å². The fraction of sp³-hybridized carbons (Fsp3) is 0.364. The van der Waals surface area contributed by atoms with Crippen LogP contribution in [0.4, 0.5) is 0 Å². The van der Waals surface area contributed by atoms with E-state index >= 15 is 0 Å². The van der Waals surface area contributed by atoms with E-state index in [9.17, 15) is 9.90 Å². The van der Waals surface area contributed by atoms with Crippen molar-refractivity contribution in [3.05, 3.63) is 35.9 Å². The van der Waals surface area contributed by atoms with Gasteiger partial charge in [-0.25, -0.2) is 0 Å². The summed E-state index contributed by atoms with van der Waals surface area (Å²) in [7, 11) is 0. The molecule has 0 unspecified atom stereocenters. The van der Waals surface area contributed by atoms with Crippen LogP contribution in [0.25, 0.3) is 0 Å². The average Bonchev–Trinajstić information content (AvgIpc) is 2.62. The number of carbonyl (C=O) groups is 1. The molecule has 2 N–H and O–H groups in total. The maximum Gasteiger partial charge on any atom is 0.127 e. The molecule has 0 aliphatic carbocycles. The topological polar surface area (TPSA) is 49.3 Å². The largest absolute Gasteiger partial charge is 0.383 e. The molecule has 0 spiro atoms. The third-order valence-electron chi connectivity index (χ3n) is 2.81. The van der Waals surface area contributed by atoms with Crippen LogP contribution in [-0.2, 0) is 10.4 Å². The molecule has 1 saturated heterocycles. The van der Waals surface area contributed by atoms with Crippen LogP contribution in [0.15, 0.2) is 30.3 Å². The summed E-state index contributed by atoms with van der Waals surface area (Å²) in [4.78, 5) is 10.8. The monoisotopic (exact) mass is 191 g/mol. The summed E-state index contributed by atoms with van der Waals surface area (Å²) in [6.07, 6.45) is 0.826. The van der Waals surface area contributed by atoms with Crippen LogP contribution < -0.4 is 5.32 Å². The maximum absolute atomic E-state index is 10.8. The summed E-state index contributed by atoms with van der Waals surface area (Å²) in [5.41, 5.74) is -0.217. The van der Waals surface area contributed by atoms with E-state index in [1.54, 1.807) is 0 Å². The Morgan fingerprint density at radius 3 is 2.79 bits per heavy atom. The van der Waals surface area contributed by atoms with E-state index in [1.807, 2.05) is 30.3 Å². The molecule has 1 aliphatic heterocycles. The Bertz CT molecular complexity index is 325. The Kier molecular flexibility index (Phi) is 2.35. The number of nitrogens with one attached hydrogen (secondary N) is 1. The van der Waals surface area contributed by atoms with Crippen LogP contribution in [0.3, 0.4) is 0 Å². The molecule has 74 valence electrons. The van der Waals surface area contributed by atoms with Gasteiger partial charge in [0.25, 0.3) is 0 Å². The molecular formula is C11H13NO2. The Labute approximate surface area is 82.8 Å². The zero-order valence-electron chi connectivity index (χ0n) is 7.81. The van der Waals surface area contributed by atoms with Gasteiger partial charge in [0.2, 0.25) is 0 Å². The van der Waals surface area contributed by atoms with E-state index in [0.29, 0.717) is 13.1 Å². The Morgan fingerprint density at radius 2 is 2.14 bits per heavy atom. The van der Waals surface area contributed by atoms with Crippen molar-refractivity contribution in [1.29, 1.82) is 0 Å². The van der Waals surface area contributed by atoms with Crippen molar-refractivity contribution < 1.29 is 9.90 Å². The first kappa shape index (κ1) is 9.37. The van der Waals surface area contributed by atoms with E-state index in [2.05, 4.69) is 5.32 Å². The van der Waals surface area contributed by atoms with Gasteiger partial charge in [0, 0.05) is 13.1 Å². The molecule has 0 radical (unpaired) electrons. The summed E-state index contributed by atoms with van der Waals surface area (Å²) in [5.74, 6) is -0.343. The predicted molar refractivity (Wildman–Crippen MR) is 52.8 cm³/mol. The van der Waals surface area contributed by atoms with Crippen LogP contribution in [-0.4, -0.2) is 24.5 Å². The number of aldehydes is 1. The lowest BCUT2D eigenvalue weighted by molar-refractivity contribution is -0.117. The molecule has 1 aromatic rings. The van der Waals surface area contributed by atoms with E-state index in [4.69, 9.17) is 0 Å². The van der Waals surface area contributed by atoms with Gasteiger partial charge in [0.05, 0.1) is 5.92 Å². The average molecular weight is 191 g/mol. The minimum Gasteiger partial charge on any atom is -0.383 e. The second-order valence-electron chi connectivity index (χ2n) is 3.66. The lowest BCUT2D eigenvalue weighted by Crippen LogP contribution is -2.35. The SMILES string of the molecule is O=C[C@@H]1CNC[C@]1(O)c1ccccc1. The van der Waals surface area contributed by atoms with Gasteiger partial charge >= 0.3 is 0 Å². The molecule has 14 heavy (non-hydrogen) atoms. The molecular weight excluding hydrogens is 178 g/mol. The second kappa shape index (κ2) is 3.52. The molecule has 0 bridgehead atoms. The number of aliphatic hydroxyl groups is 1. The summed E-state index contributed by atoms with van der Waals surface area (Å²) < 4.78 is 0. The number of hydrogen-bond donors (Lipinski definition) is 2. The Balaban J connectivity index is 2.36. The van der Waals surface area contributed by atoms with E-state index in [0.717, 1.165) is 11.8 Å². The van der Waals surface area contributed by atoms with Crippen molar-refractivity contribution in [2.45, 2.75) is 5.60 Å². The highest BCUT2D eigenvalue weighted by Crippen LogP contribution is 2.31. The Morgan fingerprint density at radius 1 is 1.43 bits per heavy atom. The summed E-state index contributed by atoms with van der Waals surface area (Å²) >= 11 is 0. The standard InChI is InChI=1S/C11H13NO2/c13-7-10-6-12-8-11(10,14)9-4-2-1-3-5-9/h1-5,7,10,12,14H,6,8H2/t10-,11-/m0/s1. The van der Waals surface area contributed by atoms with E-state index < -0.39 is 5.60 Å². The van der Waals surface area contributed by atoms with Crippen molar-refractivity contribution >= 4 is 6.29 Å². The van der Waals surface area contributed by atoms with Crippen molar-refractivity contribution in [3.8, 4) is 0 Å². The lowest BCUT2D eigenvalue weighted by atomic mass is 9.85. The number of carbonyl (C=O) groups excluding carboxylic acids is 1. The van der Waals surface area contributed by atoms with E-state index in [1.165, 1.54) is 0 Å². The van der Waals surface area contributed by atoms with E-state index in [-0.39, 0.29) is 5.92 Å². The number of rotatable bonds is 2. The van der Waals surface area contributed by atoms with Crippen LogP contribution in [0, 0.1) is 5.92 Å². The molecule has 2 atom stereocenters. The quantitative estimate of drug-likeness (QED) is 0.661. The third-order valence-corrected chi connectivity index (χ3v) is 2.81. The molecule has 0 saturated carbocycles. The first-order valence-electron chi connectivity index (χ1n) is 4.71. The number of benzene rings is 1. The molecule has 1 fully saturated rings. The number of β-amino-alcohol motifs (C(OH)–C–C–N with tert-alkyl or cyclic N) is 1. The molecule has 1 heterocycles. The predicted octanol–water partition coefficient (Wildman–Crippen LogP) is 0.292. The van der Waals surface area contributed by atoms with Crippen molar-refractivity contribution in [2.75, 3.05) is 13.1 Å². The fourth-order valence-electron chi connectivity index (χ4n) is 1.92. The van der Waals surface area contributed by atoms with Crippen molar-refractivity contribution in [3.63, 3.8) is 0 Å². The van der Waals surface area contributed by atoms with Crippen molar-refractivity contribution in [1.82, 2.24) is 5.32 Å². The minimum absolute atomic E-state index is 0.343. The highest BCUT2D eigenvalue weighted by molar-refractivity contribution is 5.58. The highest BCUT2D eigenvalue weighted by Gasteiger charge is 2.42. The fourth-order valence-corrected chi connectivity index (χ4v) is 1.92. The molecule has 3 heteroatoms. The van der Waals surface area contributed by atoms with Crippen LogP contribution in [0.1, 0.15) is 5.56 Å². The highest BCUT2D eigenvalue weighted by atomic mass is 16.3. The lowest BCUT2D eigenvalue weighted by Gasteiger charge is -2.25. The first-order chi connectivity index (χ1) is 6.77. The molecule has 1 aliphatic rings. The zero-order valence-corrected chi connectivity index (χ0v) is 7.81. The van der Waals surface area contributed by atoms with Crippen LogP contribution >= 0.6 is 0 Å². The van der Waals surface area contributed by atoms with Gasteiger partial charge in [-0.1, -0.05) is 30.3 Å². The third kappa shape index (κ3) is 1.35. The Hall–Kier alpha value is -1.19. The van der Waals surface area contributed by atoms with Gasteiger partial charge in [-0.15, -0.1) is 0 Å². The molecule has 1 aromatic carbocycles. The van der Waals surface area contributed by atoms with Gasteiger partial charge < -0.3 is 15.2 Å². The van der Waals surface area contributed by atoms with Crippen LogP contribution in [0.5, 0.6) is 0 Å². The molecule has 0 aromatic heterocycles. The smallest absolute Gasteiger partial charge is 0.127 e. The zero-order chi connectivity index (χ0) is 10.0. The number of hydrogen-bond acceptors (Lipinski definition) is 3. The van der Waals surface area contributed by atoms with Gasteiger partial charge in [0.1, 0.15) is 11.9 Å². The normalized spacial score (nSPS) is 31.6. The maximum atomic E-state index is 10.8. The minimum atomic E-state index is -1.02. The summed E-state index contributed by atoms with van der Waals surface area (Å²) in [5, 5.41) is 13.4. The van der Waals surface area contributed by atoms with Crippen LogP contribution in [0.2, 0.25) is 0 Å². The van der Waals surface area contributed by atoms with Gasteiger partial charge in [-0.2, -0.15) is 0 Å². The van der Waals surface area contributed by atoms with Crippen molar-refractivity contribution in [2.24, 2.45) is 5.92 Å². The molecule has 0 amide bonds. The van der Waals surface area contributed by atoms with Gasteiger partial charge in [0.15, 0.2) is 0 Å². The molecule has 2 rings (SSSR count). The van der Waals surface area contributed by atoms with Gasteiger partial charge in [-0.3, -0.25) is 0 Å². The molecule has 3 nitrogen and oxygen atoms in total.